The third-order valence-electron chi connectivity index (χ3n) is 3.86. The summed E-state index contributed by atoms with van der Waals surface area (Å²) in [5, 5.41) is 2.64. The SMILES string of the molecule is CC(=O)OCC1O[C@H](Nc2ncc(C(=O)C(F)(F)F)s2)C[C@@H](OC(C)=O)C1OC(C)=O. The van der Waals surface area contributed by atoms with Gasteiger partial charge in [-0.2, -0.15) is 13.2 Å². The number of ether oxygens (including phenoxy) is 4. The first-order valence-electron chi connectivity index (χ1n) is 8.84. The van der Waals surface area contributed by atoms with E-state index < -0.39 is 59.3 Å². The quantitative estimate of drug-likeness (QED) is 0.359. The summed E-state index contributed by atoms with van der Waals surface area (Å²) in [5.74, 6) is -4.05. The number of anilines is 1. The number of carbonyl (C=O) groups is 4. The molecule has 1 aliphatic heterocycles. The van der Waals surface area contributed by atoms with Gasteiger partial charge in [0.1, 0.15) is 29.9 Å². The highest BCUT2D eigenvalue weighted by atomic mass is 32.1. The van der Waals surface area contributed by atoms with Crippen molar-refractivity contribution in [3.63, 3.8) is 0 Å². The number of halogens is 3. The second-order valence-electron chi connectivity index (χ2n) is 6.42. The lowest BCUT2D eigenvalue weighted by atomic mass is 10.0. The Labute approximate surface area is 178 Å². The molecule has 0 aromatic carbocycles. The van der Waals surface area contributed by atoms with Gasteiger partial charge in [-0.3, -0.25) is 19.2 Å². The van der Waals surface area contributed by atoms with Crippen LogP contribution >= 0.6 is 11.3 Å². The van der Waals surface area contributed by atoms with Gasteiger partial charge in [0.25, 0.3) is 5.78 Å². The minimum absolute atomic E-state index is 0.0589. The van der Waals surface area contributed by atoms with Gasteiger partial charge in [0.15, 0.2) is 11.2 Å². The molecule has 4 atom stereocenters. The fourth-order valence-corrected chi connectivity index (χ4v) is 3.57. The topological polar surface area (TPSA) is 130 Å². The first-order chi connectivity index (χ1) is 14.4. The van der Waals surface area contributed by atoms with Crippen LogP contribution in [-0.2, 0) is 33.3 Å². The molecule has 1 aromatic heterocycles. The number of rotatable bonds is 7. The van der Waals surface area contributed by atoms with E-state index in [-0.39, 0.29) is 18.2 Å². The highest BCUT2D eigenvalue weighted by molar-refractivity contribution is 7.17. The summed E-state index contributed by atoms with van der Waals surface area (Å²) in [6.07, 6.45) is -8.49. The molecule has 0 saturated carbocycles. The molecule has 2 unspecified atom stereocenters. The van der Waals surface area contributed by atoms with Gasteiger partial charge in [-0.05, 0) is 0 Å². The van der Waals surface area contributed by atoms with E-state index in [2.05, 4.69) is 10.3 Å². The zero-order valence-electron chi connectivity index (χ0n) is 16.6. The zero-order valence-corrected chi connectivity index (χ0v) is 17.4. The lowest BCUT2D eigenvalue weighted by Crippen LogP contribution is -2.55. The van der Waals surface area contributed by atoms with Crippen LogP contribution in [0.2, 0.25) is 0 Å². The van der Waals surface area contributed by atoms with Crippen molar-refractivity contribution in [1.29, 1.82) is 0 Å². The molecule has 0 radical (unpaired) electrons. The van der Waals surface area contributed by atoms with Crippen LogP contribution in [0.15, 0.2) is 6.20 Å². The lowest BCUT2D eigenvalue weighted by molar-refractivity contribution is -0.211. The maximum absolute atomic E-state index is 12.6. The van der Waals surface area contributed by atoms with Crippen molar-refractivity contribution in [1.82, 2.24) is 4.98 Å². The standard InChI is InChI=1S/C17H19F3N2O8S/c1-7(23)27-6-11-14(29-9(3)25)10(28-8(2)24)4-13(30-11)22-16-21-5-12(31-16)15(26)17(18,19)20/h5,10-11,13-14H,4,6H2,1-3H3,(H,21,22)/t10-,11?,13+,14?/m1/s1. The van der Waals surface area contributed by atoms with Crippen molar-refractivity contribution in [3.05, 3.63) is 11.1 Å². The van der Waals surface area contributed by atoms with Crippen LogP contribution in [0.1, 0.15) is 36.9 Å². The normalized spacial score (nSPS) is 23.5. The average Bonchev–Trinajstić information content (AvgIpc) is 3.08. The van der Waals surface area contributed by atoms with Gasteiger partial charge in [-0.25, -0.2) is 4.98 Å². The molecule has 2 rings (SSSR count). The monoisotopic (exact) mass is 468 g/mol. The van der Waals surface area contributed by atoms with Gasteiger partial charge in [0, 0.05) is 27.2 Å². The highest BCUT2D eigenvalue weighted by Gasteiger charge is 2.44. The van der Waals surface area contributed by atoms with Crippen molar-refractivity contribution in [2.45, 2.75) is 57.9 Å². The molecule has 0 amide bonds. The van der Waals surface area contributed by atoms with Crippen molar-refractivity contribution in [2.24, 2.45) is 0 Å². The molecular weight excluding hydrogens is 449 g/mol. The molecular formula is C17H19F3N2O8S. The summed E-state index contributed by atoms with van der Waals surface area (Å²) in [4.78, 5) is 48.6. The Bertz CT molecular complexity index is 844. The average molecular weight is 468 g/mol. The smallest absolute Gasteiger partial charge is 0.455 e. The van der Waals surface area contributed by atoms with Gasteiger partial charge >= 0.3 is 24.1 Å². The van der Waals surface area contributed by atoms with E-state index in [0.29, 0.717) is 11.3 Å². The Hall–Kier alpha value is -2.74. The van der Waals surface area contributed by atoms with Crippen LogP contribution in [0.25, 0.3) is 0 Å². The largest absolute Gasteiger partial charge is 0.463 e. The van der Waals surface area contributed by atoms with Crippen molar-refractivity contribution >= 4 is 40.2 Å². The molecule has 10 nitrogen and oxygen atoms in total. The predicted molar refractivity (Wildman–Crippen MR) is 97.1 cm³/mol. The number of hydrogen-bond donors (Lipinski definition) is 1. The number of thiazole rings is 1. The second kappa shape index (κ2) is 10.0. The fourth-order valence-electron chi connectivity index (χ4n) is 2.75. The first-order valence-corrected chi connectivity index (χ1v) is 9.65. The molecule has 1 aliphatic rings. The summed E-state index contributed by atoms with van der Waals surface area (Å²) in [7, 11) is 0. The molecule has 31 heavy (non-hydrogen) atoms. The summed E-state index contributed by atoms with van der Waals surface area (Å²) < 4.78 is 58.7. The van der Waals surface area contributed by atoms with Gasteiger partial charge in [0.05, 0.1) is 6.20 Å². The molecule has 1 aromatic rings. The lowest BCUT2D eigenvalue weighted by Gasteiger charge is -2.40. The van der Waals surface area contributed by atoms with E-state index in [1.165, 1.54) is 0 Å². The van der Waals surface area contributed by atoms with Crippen molar-refractivity contribution < 1.29 is 51.3 Å². The Morgan fingerprint density at radius 3 is 2.35 bits per heavy atom. The number of nitrogens with one attached hydrogen (secondary N) is 1. The maximum Gasteiger partial charge on any atom is 0.455 e. The highest BCUT2D eigenvalue weighted by Crippen LogP contribution is 2.30. The van der Waals surface area contributed by atoms with Crippen LogP contribution in [0.4, 0.5) is 18.3 Å². The molecule has 0 aliphatic carbocycles. The minimum Gasteiger partial charge on any atom is -0.463 e. The summed E-state index contributed by atoms with van der Waals surface area (Å²) in [5.41, 5.74) is 0. The molecule has 1 saturated heterocycles. The number of alkyl halides is 3. The van der Waals surface area contributed by atoms with E-state index in [0.717, 1.165) is 27.0 Å². The van der Waals surface area contributed by atoms with Crippen LogP contribution in [0.3, 0.4) is 0 Å². The molecule has 1 N–H and O–H groups in total. The number of aromatic nitrogens is 1. The van der Waals surface area contributed by atoms with Gasteiger partial charge in [-0.15, -0.1) is 0 Å². The Morgan fingerprint density at radius 2 is 1.81 bits per heavy atom. The minimum atomic E-state index is -5.04. The Morgan fingerprint density at radius 1 is 1.16 bits per heavy atom. The number of carbonyl (C=O) groups excluding carboxylic acids is 4. The first kappa shape index (κ1) is 24.5. The second-order valence-corrected chi connectivity index (χ2v) is 7.45. The van der Waals surface area contributed by atoms with Crippen LogP contribution in [0, 0.1) is 0 Å². The van der Waals surface area contributed by atoms with Crippen LogP contribution < -0.4 is 5.32 Å². The van der Waals surface area contributed by atoms with E-state index in [1.807, 2.05) is 0 Å². The van der Waals surface area contributed by atoms with Gasteiger partial charge in [-0.1, -0.05) is 11.3 Å². The molecule has 0 spiro atoms. The number of Topliss-reactive ketones (excluding diaryl/α,β-unsaturated/α-hetero) is 1. The van der Waals surface area contributed by atoms with E-state index in [4.69, 9.17) is 18.9 Å². The van der Waals surface area contributed by atoms with Crippen molar-refractivity contribution in [3.8, 4) is 0 Å². The number of hydrogen-bond acceptors (Lipinski definition) is 11. The zero-order chi connectivity index (χ0) is 23.3. The summed E-state index contributed by atoms with van der Waals surface area (Å²) in [6.45, 7) is 3.07. The third kappa shape index (κ3) is 7.17. The Balaban J connectivity index is 2.20. The number of ketones is 1. The van der Waals surface area contributed by atoms with Gasteiger partial charge in [0.2, 0.25) is 0 Å². The number of nitrogens with zero attached hydrogens (tertiary/aromatic N) is 1. The molecule has 1 fully saturated rings. The van der Waals surface area contributed by atoms with E-state index >= 15 is 0 Å². The Kier molecular flexibility index (Phi) is 7.95. The molecule has 172 valence electrons. The third-order valence-corrected chi connectivity index (χ3v) is 4.79. The van der Waals surface area contributed by atoms with E-state index in [1.54, 1.807) is 0 Å². The maximum atomic E-state index is 12.6. The van der Waals surface area contributed by atoms with Gasteiger partial charge < -0.3 is 24.3 Å². The number of esters is 3. The van der Waals surface area contributed by atoms with Crippen LogP contribution in [-0.4, -0.2) is 66.0 Å². The summed E-state index contributed by atoms with van der Waals surface area (Å²) in [6, 6.07) is 0. The van der Waals surface area contributed by atoms with Crippen LogP contribution in [0.5, 0.6) is 0 Å². The van der Waals surface area contributed by atoms with Crippen molar-refractivity contribution in [2.75, 3.05) is 11.9 Å². The molecule has 2 heterocycles. The molecule has 14 heteroatoms. The van der Waals surface area contributed by atoms with E-state index in [9.17, 15) is 32.3 Å². The molecule has 0 bridgehead atoms. The summed E-state index contributed by atoms with van der Waals surface area (Å²) >= 11 is 0.457. The predicted octanol–water partition coefficient (Wildman–Crippen LogP) is 1.84. The fraction of sp³-hybridized carbons (Fsp3) is 0.588.